The molecule has 1 aromatic carbocycles. The summed E-state index contributed by atoms with van der Waals surface area (Å²) < 4.78 is 5.09. The van der Waals surface area contributed by atoms with Gasteiger partial charge >= 0.3 is 5.97 Å². The number of methoxy groups -OCH3 is 1. The van der Waals surface area contributed by atoms with Crippen LogP contribution in [-0.2, 0) is 20.7 Å². The molecule has 118 valence electrons. The lowest BCUT2D eigenvalue weighted by molar-refractivity contribution is -0.159. The minimum atomic E-state index is -0.879. The zero-order chi connectivity index (χ0) is 16.0. The molecule has 4 nitrogen and oxygen atoms in total. The molecule has 2 fully saturated rings. The van der Waals surface area contributed by atoms with E-state index in [2.05, 4.69) is 0 Å². The summed E-state index contributed by atoms with van der Waals surface area (Å²) in [4.78, 5) is 27.3. The average Bonchev–Trinajstić information content (AvgIpc) is 2.96. The lowest BCUT2D eigenvalue weighted by atomic mass is 9.88. The molecule has 0 spiro atoms. The van der Waals surface area contributed by atoms with Crippen molar-refractivity contribution in [2.45, 2.75) is 37.6 Å². The third-order valence-corrected chi connectivity index (χ3v) is 6.06. The van der Waals surface area contributed by atoms with Crippen LogP contribution < -0.4 is 0 Å². The van der Waals surface area contributed by atoms with Gasteiger partial charge in [-0.15, -0.1) is 11.8 Å². The molecule has 0 radical (unpaired) electrons. The predicted molar refractivity (Wildman–Crippen MR) is 86.4 cm³/mol. The van der Waals surface area contributed by atoms with E-state index < -0.39 is 11.0 Å². The highest BCUT2D eigenvalue weighted by Crippen LogP contribution is 2.51. The number of hydrogen-bond acceptors (Lipinski definition) is 4. The molecule has 0 bridgehead atoms. The van der Waals surface area contributed by atoms with E-state index in [1.807, 2.05) is 44.2 Å². The van der Waals surface area contributed by atoms with Crippen LogP contribution in [0.4, 0.5) is 0 Å². The fourth-order valence-corrected chi connectivity index (χ4v) is 5.28. The SMILES string of the molecule is COC(=O)[C@@]1(Cc2ccccc2)CS[C@H]2CC(C)(C)C(=O)N21. The summed E-state index contributed by atoms with van der Waals surface area (Å²) in [5.41, 5.74) is -0.240. The van der Waals surface area contributed by atoms with Gasteiger partial charge in [-0.25, -0.2) is 4.79 Å². The fourth-order valence-electron chi connectivity index (χ4n) is 3.47. The van der Waals surface area contributed by atoms with Crippen LogP contribution in [0.3, 0.4) is 0 Å². The van der Waals surface area contributed by atoms with Crippen molar-refractivity contribution in [2.24, 2.45) is 5.41 Å². The normalized spacial score (nSPS) is 29.5. The van der Waals surface area contributed by atoms with Crippen LogP contribution in [0.2, 0.25) is 0 Å². The highest BCUT2D eigenvalue weighted by Gasteiger charge is 2.62. The molecule has 2 atom stereocenters. The summed E-state index contributed by atoms with van der Waals surface area (Å²) in [6.45, 7) is 3.91. The van der Waals surface area contributed by atoms with Crippen LogP contribution in [0.15, 0.2) is 30.3 Å². The van der Waals surface area contributed by atoms with E-state index in [0.29, 0.717) is 12.2 Å². The number of benzene rings is 1. The van der Waals surface area contributed by atoms with E-state index in [-0.39, 0.29) is 17.3 Å². The van der Waals surface area contributed by atoms with Crippen molar-refractivity contribution in [3.63, 3.8) is 0 Å². The first-order valence-electron chi connectivity index (χ1n) is 7.48. The highest BCUT2D eigenvalue weighted by atomic mass is 32.2. The van der Waals surface area contributed by atoms with E-state index in [0.717, 1.165) is 12.0 Å². The second-order valence-electron chi connectivity index (χ2n) is 6.71. The van der Waals surface area contributed by atoms with Crippen LogP contribution in [0, 0.1) is 5.41 Å². The summed E-state index contributed by atoms with van der Waals surface area (Å²) in [6.07, 6.45) is 1.29. The number of ether oxygens (including phenoxy) is 1. The molecule has 0 unspecified atom stereocenters. The van der Waals surface area contributed by atoms with Crippen molar-refractivity contribution in [1.82, 2.24) is 4.90 Å². The maximum atomic E-state index is 12.8. The number of nitrogens with zero attached hydrogens (tertiary/aromatic N) is 1. The number of amides is 1. The van der Waals surface area contributed by atoms with Gasteiger partial charge in [-0.3, -0.25) is 4.79 Å². The maximum absolute atomic E-state index is 12.8. The Morgan fingerprint density at radius 3 is 2.68 bits per heavy atom. The molecule has 1 amide bonds. The molecule has 0 aliphatic carbocycles. The zero-order valence-corrected chi connectivity index (χ0v) is 14.0. The van der Waals surface area contributed by atoms with Crippen LogP contribution in [0.25, 0.3) is 0 Å². The summed E-state index contributed by atoms with van der Waals surface area (Å²) in [7, 11) is 1.40. The molecule has 2 aliphatic rings. The van der Waals surface area contributed by atoms with Gasteiger partial charge in [0.2, 0.25) is 5.91 Å². The Labute approximate surface area is 135 Å². The number of fused-ring (bicyclic) bond motifs is 1. The quantitative estimate of drug-likeness (QED) is 0.803. The lowest BCUT2D eigenvalue weighted by Gasteiger charge is -2.36. The van der Waals surface area contributed by atoms with E-state index in [1.165, 1.54) is 7.11 Å². The van der Waals surface area contributed by atoms with Crippen LogP contribution in [-0.4, -0.2) is 40.6 Å². The summed E-state index contributed by atoms with van der Waals surface area (Å²) in [5.74, 6) is 0.349. The molecule has 3 rings (SSSR count). The third kappa shape index (κ3) is 2.22. The van der Waals surface area contributed by atoms with Gasteiger partial charge < -0.3 is 9.64 Å². The molecule has 22 heavy (non-hydrogen) atoms. The predicted octanol–water partition coefficient (Wildman–Crippen LogP) is 2.47. The molecule has 2 heterocycles. The van der Waals surface area contributed by atoms with E-state index in [9.17, 15) is 9.59 Å². The number of hydrogen-bond donors (Lipinski definition) is 0. The van der Waals surface area contributed by atoms with Gasteiger partial charge in [0.1, 0.15) is 0 Å². The molecular weight excluding hydrogens is 298 g/mol. The molecule has 1 aromatic rings. The van der Waals surface area contributed by atoms with Crippen molar-refractivity contribution in [3.8, 4) is 0 Å². The van der Waals surface area contributed by atoms with Gasteiger partial charge in [0, 0.05) is 17.6 Å². The Kier molecular flexibility index (Phi) is 3.71. The Morgan fingerprint density at radius 2 is 2.05 bits per heavy atom. The molecule has 0 saturated carbocycles. The van der Waals surface area contributed by atoms with Gasteiger partial charge in [0.15, 0.2) is 5.54 Å². The Hall–Kier alpha value is -1.49. The van der Waals surface area contributed by atoms with Crippen molar-refractivity contribution in [2.75, 3.05) is 12.9 Å². The van der Waals surface area contributed by atoms with Gasteiger partial charge in [-0.1, -0.05) is 44.2 Å². The molecule has 2 saturated heterocycles. The molecule has 0 N–H and O–H groups in total. The first kappa shape index (κ1) is 15.4. The van der Waals surface area contributed by atoms with Gasteiger partial charge in [0.25, 0.3) is 0 Å². The number of thioether (sulfide) groups is 1. The van der Waals surface area contributed by atoms with Crippen molar-refractivity contribution in [1.29, 1.82) is 0 Å². The smallest absolute Gasteiger partial charge is 0.333 e. The monoisotopic (exact) mass is 319 g/mol. The topological polar surface area (TPSA) is 46.6 Å². The lowest BCUT2D eigenvalue weighted by Crippen LogP contribution is -2.57. The number of carbonyl (C=O) groups is 2. The van der Waals surface area contributed by atoms with Crippen molar-refractivity contribution >= 4 is 23.6 Å². The Bertz CT molecular complexity index is 601. The van der Waals surface area contributed by atoms with Gasteiger partial charge in [-0.2, -0.15) is 0 Å². The summed E-state index contributed by atoms with van der Waals surface area (Å²) >= 11 is 1.69. The van der Waals surface area contributed by atoms with Gasteiger partial charge in [0.05, 0.1) is 12.5 Å². The standard InChI is InChI=1S/C17H21NO3S/c1-16(2)10-13-18(14(16)19)17(11-22-13,15(20)21-3)9-12-7-5-4-6-8-12/h4-8,13H,9-11H2,1-3H3/t13-,17+/m0/s1. The van der Waals surface area contributed by atoms with Crippen LogP contribution in [0.5, 0.6) is 0 Å². The number of esters is 1. The fraction of sp³-hybridized carbons (Fsp3) is 0.529. The van der Waals surface area contributed by atoms with Crippen LogP contribution in [0.1, 0.15) is 25.8 Å². The summed E-state index contributed by atoms with van der Waals surface area (Å²) in [5, 5.41) is 0.0744. The number of carbonyl (C=O) groups excluding carboxylic acids is 2. The third-order valence-electron chi connectivity index (χ3n) is 4.65. The molecule has 5 heteroatoms. The maximum Gasteiger partial charge on any atom is 0.333 e. The molecule has 2 aliphatic heterocycles. The first-order chi connectivity index (χ1) is 10.4. The van der Waals surface area contributed by atoms with E-state index in [1.54, 1.807) is 16.7 Å². The Morgan fingerprint density at radius 1 is 1.36 bits per heavy atom. The minimum absolute atomic E-state index is 0.0591. The minimum Gasteiger partial charge on any atom is -0.467 e. The zero-order valence-electron chi connectivity index (χ0n) is 13.2. The second-order valence-corrected chi connectivity index (χ2v) is 7.88. The average molecular weight is 319 g/mol. The number of rotatable bonds is 3. The Balaban J connectivity index is 2.01. The molecule has 0 aromatic heterocycles. The molecular formula is C17H21NO3S. The second kappa shape index (κ2) is 5.30. The first-order valence-corrected chi connectivity index (χ1v) is 8.53. The highest BCUT2D eigenvalue weighted by molar-refractivity contribution is 8.00. The van der Waals surface area contributed by atoms with Crippen molar-refractivity contribution < 1.29 is 14.3 Å². The van der Waals surface area contributed by atoms with E-state index >= 15 is 0 Å². The van der Waals surface area contributed by atoms with E-state index in [4.69, 9.17) is 4.74 Å². The largest absolute Gasteiger partial charge is 0.467 e. The van der Waals surface area contributed by atoms with Gasteiger partial charge in [-0.05, 0) is 12.0 Å². The van der Waals surface area contributed by atoms with Crippen LogP contribution >= 0.6 is 11.8 Å². The van der Waals surface area contributed by atoms with Crippen molar-refractivity contribution in [3.05, 3.63) is 35.9 Å². The summed E-state index contributed by atoms with van der Waals surface area (Å²) in [6, 6.07) is 9.85.